The van der Waals surface area contributed by atoms with Crippen LogP contribution in [0.15, 0.2) is 78.9 Å². The molecule has 1 aliphatic carbocycles. The van der Waals surface area contributed by atoms with Gasteiger partial charge in [0.1, 0.15) is 6.61 Å². The lowest BCUT2D eigenvalue weighted by Crippen LogP contribution is -2.45. The summed E-state index contributed by atoms with van der Waals surface area (Å²) in [5.74, 6) is -0.0562. The third-order valence-electron chi connectivity index (χ3n) is 6.03. The first-order valence-electron chi connectivity index (χ1n) is 10.6. The predicted molar refractivity (Wildman–Crippen MR) is 122 cm³/mol. The molecule has 0 aliphatic heterocycles. The van der Waals surface area contributed by atoms with Gasteiger partial charge in [-0.1, -0.05) is 66.7 Å². The van der Waals surface area contributed by atoms with Crippen molar-refractivity contribution in [3.05, 3.63) is 95.7 Å². The highest BCUT2D eigenvalue weighted by atomic mass is 16.5. The molecule has 0 bridgehead atoms. The largest absolute Gasteiger partial charge is 0.449 e. The molecule has 162 valence electrons. The zero-order chi connectivity index (χ0) is 22.1. The number of H-pyrrole nitrogens is 1. The minimum absolute atomic E-state index is 0.0562. The summed E-state index contributed by atoms with van der Waals surface area (Å²) in [5.41, 5.74) is 6.30. The fraction of sp³-hybridized carbons (Fsp3) is 0.192. The summed E-state index contributed by atoms with van der Waals surface area (Å²) in [7, 11) is 0. The quantitative estimate of drug-likeness (QED) is 0.350. The van der Waals surface area contributed by atoms with Crippen molar-refractivity contribution in [3.63, 3.8) is 0 Å². The Morgan fingerprint density at radius 2 is 1.56 bits per heavy atom. The smallest absolute Gasteiger partial charge is 0.407 e. The molecule has 1 aliphatic rings. The second kappa shape index (κ2) is 8.49. The Morgan fingerprint density at radius 3 is 2.22 bits per heavy atom. The normalized spacial score (nSPS) is 13.7. The van der Waals surface area contributed by atoms with Crippen LogP contribution in [0.1, 0.15) is 22.7 Å². The summed E-state index contributed by atoms with van der Waals surface area (Å²) in [4.78, 5) is 15.8. The van der Waals surface area contributed by atoms with Crippen LogP contribution >= 0.6 is 0 Å². The van der Waals surface area contributed by atoms with Crippen LogP contribution < -0.4 is 5.32 Å². The lowest BCUT2D eigenvalue weighted by molar-refractivity contribution is -0.0660. The fourth-order valence-corrected chi connectivity index (χ4v) is 4.50. The minimum Gasteiger partial charge on any atom is -0.449 e. The number of hydrogen-bond donors (Lipinski definition) is 4. The molecule has 3 aromatic carbocycles. The van der Waals surface area contributed by atoms with Crippen molar-refractivity contribution in [1.29, 1.82) is 0 Å². The highest BCUT2D eigenvalue weighted by Gasteiger charge is 2.29. The van der Waals surface area contributed by atoms with E-state index in [1.165, 1.54) is 0 Å². The molecule has 0 saturated carbocycles. The van der Waals surface area contributed by atoms with E-state index in [1.807, 2.05) is 54.6 Å². The number of aromatic amines is 1. The zero-order valence-electron chi connectivity index (χ0n) is 17.4. The average Bonchev–Trinajstić information content (AvgIpc) is 3.35. The van der Waals surface area contributed by atoms with Gasteiger partial charge < -0.3 is 25.3 Å². The van der Waals surface area contributed by atoms with Gasteiger partial charge in [0.05, 0.1) is 6.04 Å². The van der Waals surface area contributed by atoms with Crippen molar-refractivity contribution in [1.82, 2.24) is 10.3 Å². The van der Waals surface area contributed by atoms with E-state index in [1.54, 1.807) is 0 Å². The minimum atomic E-state index is -1.72. The first kappa shape index (κ1) is 20.3. The van der Waals surface area contributed by atoms with Gasteiger partial charge in [-0.3, -0.25) is 0 Å². The Balaban J connectivity index is 1.26. The Morgan fingerprint density at radius 1 is 0.938 bits per heavy atom. The van der Waals surface area contributed by atoms with Crippen molar-refractivity contribution in [2.75, 3.05) is 6.61 Å². The number of benzene rings is 3. The number of para-hydroxylation sites is 1. The average molecular weight is 428 g/mol. The highest BCUT2D eigenvalue weighted by molar-refractivity contribution is 5.80. The second-order valence-corrected chi connectivity index (χ2v) is 8.08. The first-order valence-corrected chi connectivity index (χ1v) is 10.6. The molecule has 1 amide bonds. The van der Waals surface area contributed by atoms with E-state index in [9.17, 15) is 15.0 Å². The predicted octanol–water partition coefficient (Wildman–Crippen LogP) is 3.93. The maximum atomic E-state index is 12.5. The second-order valence-electron chi connectivity index (χ2n) is 8.08. The molecule has 32 heavy (non-hydrogen) atoms. The number of carbonyl (C=O) groups excluding carboxylic acids is 1. The van der Waals surface area contributed by atoms with Gasteiger partial charge in [0.2, 0.25) is 0 Å². The molecule has 1 unspecified atom stereocenters. The first-order chi connectivity index (χ1) is 15.6. The molecule has 0 radical (unpaired) electrons. The molecule has 6 heteroatoms. The Labute approximate surface area is 185 Å². The van der Waals surface area contributed by atoms with Gasteiger partial charge in [-0.05, 0) is 39.8 Å². The number of rotatable bonds is 6. The molecule has 4 N–H and O–H groups in total. The number of aliphatic hydroxyl groups is 2. The summed E-state index contributed by atoms with van der Waals surface area (Å²) in [5, 5.41) is 23.2. The number of hydrogen-bond acceptors (Lipinski definition) is 4. The van der Waals surface area contributed by atoms with Crippen LogP contribution in [0.4, 0.5) is 4.79 Å². The molecule has 1 aromatic heterocycles. The Kier molecular flexibility index (Phi) is 5.39. The molecule has 4 aromatic rings. The van der Waals surface area contributed by atoms with E-state index in [2.05, 4.69) is 34.6 Å². The van der Waals surface area contributed by atoms with E-state index in [0.717, 1.165) is 38.9 Å². The van der Waals surface area contributed by atoms with Crippen molar-refractivity contribution in [2.24, 2.45) is 0 Å². The van der Waals surface area contributed by atoms with Gasteiger partial charge in [0.15, 0.2) is 6.29 Å². The van der Waals surface area contributed by atoms with Crippen LogP contribution in [-0.4, -0.2) is 40.2 Å². The molecular formula is C26H24N2O4. The number of alkyl carbamates (subject to hydrolysis) is 1. The van der Waals surface area contributed by atoms with Crippen LogP contribution in [0, 0.1) is 0 Å². The lowest BCUT2D eigenvalue weighted by atomic mass is 9.98. The lowest BCUT2D eigenvalue weighted by Gasteiger charge is -2.21. The zero-order valence-corrected chi connectivity index (χ0v) is 17.4. The molecule has 1 atom stereocenters. The van der Waals surface area contributed by atoms with Crippen LogP contribution in [0.3, 0.4) is 0 Å². The van der Waals surface area contributed by atoms with E-state index in [0.29, 0.717) is 0 Å². The Hall–Kier alpha value is -3.61. The van der Waals surface area contributed by atoms with E-state index >= 15 is 0 Å². The van der Waals surface area contributed by atoms with Crippen LogP contribution in [-0.2, 0) is 11.2 Å². The highest BCUT2D eigenvalue weighted by Crippen LogP contribution is 2.44. The van der Waals surface area contributed by atoms with E-state index in [-0.39, 0.29) is 18.9 Å². The standard InChI is InChI=1S/C26H24N2O4/c29-25(30)24(14-17-13-16-7-1-6-12-23(16)27-17)28-26(31)32-15-22-20-10-4-2-8-18(20)19-9-3-5-11-21(19)22/h1-13,22,24-25,27,29-30H,14-15H2,(H,28,31). The number of aliphatic hydroxyl groups excluding tert-OH is 1. The molecule has 0 saturated heterocycles. The number of fused-ring (bicyclic) bond motifs is 4. The van der Waals surface area contributed by atoms with E-state index in [4.69, 9.17) is 4.74 Å². The number of ether oxygens (including phenoxy) is 1. The number of nitrogens with one attached hydrogen (secondary N) is 2. The topological polar surface area (TPSA) is 94.6 Å². The third-order valence-corrected chi connectivity index (χ3v) is 6.03. The van der Waals surface area contributed by atoms with Gasteiger partial charge in [-0.2, -0.15) is 0 Å². The summed E-state index contributed by atoms with van der Waals surface area (Å²) < 4.78 is 5.53. The van der Waals surface area contributed by atoms with Gasteiger partial charge >= 0.3 is 6.09 Å². The third kappa shape index (κ3) is 3.86. The number of carbonyl (C=O) groups is 1. The summed E-state index contributed by atoms with van der Waals surface area (Å²) in [6.45, 7) is 0.167. The molecule has 0 fully saturated rings. The number of aromatic nitrogens is 1. The summed E-state index contributed by atoms with van der Waals surface area (Å²) in [6.07, 6.45) is -2.17. The summed E-state index contributed by atoms with van der Waals surface area (Å²) in [6, 6.07) is 25.0. The molecule has 6 nitrogen and oxygen atoms in total. The molecular weight excluding hydrogens is 404 g/mol. The maximum Gasteiger partial charge on any atom is 0.407 e. The summed E-state index contributed by atoms with van der Waals surface area (Å²) >= 11 is 0. The monoisotopic (exact) mass is 428 g/mol. The van der Waals surface area contributed by atoms with Gasteiger partial charge in [0, 0.05) is 23.5 Å². The van der Waals surface area contributed by atoms with Crippen molar-refractivity contribution in [3.8, 4) is 11.1 Å². The number of amides is 1. The van der Waals surface area contributed by atoms with Gasteiger partial charge in [-0.15, -0.1) is 0 Å². The molecule has 5 rings (SSSR count). The fourth-order valence-electron chi connectivity index (χ4n) is 4.50. The van der Waals surface area contributed by atoms with Gasteiger partial charge in [0.25, 0.3) is 0 Å². The van der Waals surface area contributed by atoms with Crippen LogP contribution in [0.5, 0.6) is 0 Å². The molecule has 0 spiro atoms. The maximum absolute atomic E-state index is 12.5. The SMILES string of the molecule is O=C(NC(Cc1cc2ccccc2[nH]1)C(O)O)OCC1c2ccccc2-c2ccccc21. The van der Waals surface area contributed by atoms with E-state index < -0.39 is 18.4 Å². The van der Waals surface area contributed by atoms with Crippen LogP contribution in [0.2, 0.25) is 0 Å². The van der Waals surface area contributed by atoms with Gasteiger partial charge in [-0.25, -0.2) is 4.79 Å². The Bertz CT molecular complexity index is 1180. The van der Waals surface area contributed by atoms with Crippen molar-refractivity contribution in [2.45, 2.75) is 24.7 Å². The molecule has 1 heterocycles. The van der Waals surface area contributed by atoms with Crippen molar-refractivity contribution >= 4 is 17.0 Å². The van der Waals surface area contributed by atoms with Crippen molar-refractivity contribution < 1.29 is 19.7 Å². The van der Waals surface area contributed by atoms with Crippen LogP contribution in [0.25, 0.3) is 22.0 Å².